The highest BCUT2D eigenvalue weighted by atomic mass is 35.5. The lowest BCUT2D eigenvalue weighted by atomic mass is 10.1. The zero-order valence-corrected chi connectivity index (χ0v) is 12.7. The van der Waals surface area contributed by atoms with Crippen LogP contribution in [0.25, 0.3) is 0 Å². The topological polar surface area (TPSA) is 29.9 Å². The number of hydrogen-bond donors (Lipinski definition) is 1. The predicted molar refractivity (Wildman–Crippen MR) is 82.1 cm³/mol. The van der Waals surface area contributed by atoms with Crippen LogP contribution in [-0.4, -0.2) is 15.8 Å². The molecule has 0 saturated heterocycles. The van der Waals surface area contributed by atoms with E-state index in [2.05, 4.69) is 35.7 Å². The van der Waals surface area contributed by atoms with Crippen LogP contribution in [0.15, 0.2) is 24.4 Å². The highest BCUT2D eigenvalue weighted by Crippen LogP contribution is 2.25. The molecule has 1 atom stereocenters. The Hall–Kier alpha value is -1.32. The van der Waals surface area contributed by atoms with Crippen LogP contribution >= 0.6 is 11.6 Å². The molecule has 0 amide bonds. The molecule has 1 aromatic heterocycles. The van der Waals surface area contributed by atoms with E-state index in [9.17, 15) is 0 Å². The van der Waals surface area contributed by atoms with E-state index in [4.69, 9.17) is 11.6 Å². The van der Waals surface area contributed by atoms with Gasteiger partial charge >= 0.3 is 0 Å². The summed E-state index contributed by atoms with van der Waals surface area (Å²) in [6, 6.07) is 6.74. The van der Waals surface area contributed by atoms with Crippen LogP contribution in [0.4, 0.5) is 0 Å². The van der Waals surface area contributed by atoms with Gasteiger partial charge in [-0.1, -0.05) is 24.6 Å². The Kier molecular flexibility index (Phi) is 3.81. The quantitative estimate of drug-likeness (QED) is 0.938. The molecule has 2 aromatic rings. The SMILES string of the molecule is CCc1nn(C)cc1CNC1Cc2ccc(Cl)cc2C1. The third kappa shape index (κ3) is 2.74. The van der Waals surface area contributed by atoms with Crippen molar-refractivity contribution in [2.24, 2.45) is 7.05 Å². The fourth-order valence-corrected chi connectivity index (χ4v) is 3.21. The van der Waals surface area contributed by atoms with Gasteiger partial charge in [-0.15, -0.1) is 0 Å². The van der Waals surface area contributed by atoms with E-state index < -0.39 is 0 Å². The molecule has 1 aliphatic carbocycles. The van der Waals surface area contributed by atoms with Crippen molar-refractivity contribution in [1.82, 2.24) is 15.1 Å². The van der Waals surface area contributed by atoms with Crippen molar-refractivity contribution >= 4 is 11.6 Å². The Balaban J connectivity index is 1.63. The first kappa shape index (κ1) is 13.7. The second kappa shape index (κ2) is 5.58. The van der Waals surface area contributed by atoms with Crippen molar-refractivity contribution in [3.8, 4) is 0 Å². The monoisotopic (exact) mass is 289 g/mol. The van der Waals surface area contributed by atoms with Crippen molar-refractivity contribution in [2.45, 2.75) is 38.8 Å². The third-order valence-electron chi connectivity index (χ3n) is 4.01. The van der Waals surface area contributed by atoms with Gasteiger partial charge in [-0.2, -0.15) is 5.10 Å². The standard InChI is InChI=1S/C16H20ClN3/c1-3-16-13(10-20(2)19-16)9-18-15-7-11-4-5-14(17)6-12(11)8-15/h4-6,10,15,18H,3,7-9H2,1-2H3. The predicted octanol–water partition coefficient (Wildman–Crippen LogP) is 2.89. The molecule has 0 radical (unpaired) electrons. The van der Waals surface area contributed by atoms with Gasteiger partial charge < -0.3 is 5.32 Å². The van der Waals surface area contributed by atoms with E-state index in [-0.39, 0.29) is 0 Å². The normalized spacial score (nSPS) is 17.4. The molecule has 106 valence electrons. The first-order valence-electron chi connectivity index (χ1n) is 7.17. The Labute approximate surface area is 124 Å². The van der Waals surface area contributed by atoms with Crippen molar-refractivity contribution < 1.29 is 0 Å². The molecule has 0 fully saturated rings. The lowest BCUT2D eigenvalue weighted by Gasteiger charge is -2.11. The smallest absolute Gasteiger partial charge is 0.0666 e. The highest BCUT2D eigenvalue weighted by molar-refractivity contribution is 6.30. The van der Waals surface area contributed by atoms with E-state index >= 15 is 0 Å². The van der Waals surface area contributed by atoms with Gasteiger partial charge in [-0.3, -0.25) is 4.68 Å². The van der Waals surface area contributed by atoms with Gasteiger partial charge in [0.2, 0.25) is 0 Å². The van der Waals surface area contributed by atoms with Crippen LogP contribution < -0.4 is 5.32 Å². The van der Waals surface area contributed by atoms with Gasteiger partial charge in [0.15, 0.2) is 0 Å². The van der Waals surface area contributed by atoms with E-state index in [0.717, 1.165) is 30.8 Å². The van der Waals surface area contributed by atoms with Crippen LogP contribution in [0, 0.1) is 0 Å². The maximum absolute atomic E-state index is 6.05. The van der Waals surface area contributed by atoms with Gasteiger partial charge in [0.1, 0.15) is 0 Å². The molecule has 0 bridgehead atoms. The molecule has 1 aliphatic rings. The Bertz CT molecular complexity index is 618. The molecule has 1 unspecified atom stereocenters. The second-order valence-corrected chi connectivity index (χ2v) is 5.96. The number of hydrogen-bond acceptors (Lipinski definition) is 2. The average molecular weight is 290 g/mol. The molecule has 4 heteroatoms. The van der Waals surface area contributed by atoms with Crippen molar-refractivity contribution in [3.63, 3.8) is 0 Å². The minimum absolute atomic E-state index is 0.508. The first-order chi connectivity index (χ1) is 9.65. The summed E-state index contributed by atoms with van der Waals surface area (Å²) in [7, 11) is 1.98. The number of nitrogens with one attached hydrogen (secondary N) is 1. The maximum Gasteiger partial charge on any atom is 0.0666 e. The van der Waals surface area contributed by atoms with Crippen LogP contribution in [-0.2, 0) is 32.9 Å². The zero-order valence-electron chi connectivity index (χ0n) is 12.0. The fraction of sp³-hybridized carbons (Fsp3) is 0.438. The van der Waals surface area contributed by atoms with E-state index in [1.807, 2.05) is 17.8 Å². The summed E-state index contributed by atoms with van der Waals surface area (Å²) >= 11 is 6.05. The lowest BCUT2D eigenvalue weighted by Crippen LogP contribution is -2.29. The first-order valence-corrected chi connectivity index (χ1v) is 7.55. The average Bonchev–Trinajstić information content (AvgIpc) is 2.98. The Morgan fingerprint density at radius 2 is 2.15 bits per heavy atom. The largest absolute Gasteiger partial charge is 0.309 e. The Morgan fingerprint density at radius 3 is 2.95 bits per heavy atom. The minimum Gasteiger partial charge on any atom is -0.309 e. The second-order valence-electron chi connectivity index (χ2n) is 5.53. The van der Waals surface area contributed by atoms with E-state index in [1.54, 1.807) is 0 Å². The molecule has 1 N–H and O–H groups in total. The molecule has 0 spiro atoms. The zero-order chi connectivity index (χ0) is 14.1. The fourth-order valence-electron chi connectivity index (χ4n) is 3.01. The molecule has 1 aromatic carbocycles. The number of fused-ring (bicyclic) bond motifs is 1. The number of aromatic nitrogens is 2. The van der Waals surface area contributed by atoms with Crippen molar-refractivity contribution in [1.29, 1.82) is 0 Å². The molecule has 0 aliphatic heterocycles. The minimum atomic E-state index is 0.508. The molecule has 0 saturated carbocycles. The van der Waals surface area contributed by atoms with Gasteiger partial charge in [-0.25, -0.2) is 0 Å². The van der Waals surface area contributed by atoms with Gasteiger partial charge in [0.25, 0.3) is 0 Å². The van der Waals surface area contributed by atoms with Gasteiger partial charge in [-0.05, 0) is 42.5 Å². The molecule has 3 rings (SSSR count). The summed E-state index contributed by atoms with van der Waals surface area (Å²) in [5.74, 6) is 0. The number of rotatable bonds is 4. The number of nitrogens with zero attached hydrogens (tertiary/aromatic N) is 2. The summed E-state index contributed by atoms with van der Waals surface area (Å²) in [5.41, 5.74) is 5.31. The van der Waals surface area contributed by atoms with Crippen LogP contribution in [0.1, 0.15) is 29.3 Å². The van der Waals surface area contributed by atoms with Crippen molar-refractivity contribution in [2.75, 3.05) is 0 Å². The van der Waals surface area contributed by atoms with Gasteiger partial charge in [0, 0.05) is 36.4 Å². The van der Waals surface area contributed by atoms with Crippen LogP contribution in [0.3, 0.4) is 0 Å². The summed E-state index contributed by atoms with van der Waals surface area (Å²) in [5, 5.41) is 8.98. The summed E-state index contributed by atoms with van der Waals surface area (Å²) in [6.07, 6.45) is 5.26. The molecular formula is C16H20ClN3. The van der Waals surface area contributed by atoms with Gasteiger partial charge in [0.05, 0.1) is 5.69 Å². The summed E-state index contributed by atoms with van der Waals surface area (Å²) in [4.78, 5) is 0. The summed E-state index contributed by atoms with van der Waals surface area (Å²) in [6.45, 7) is 3.04. The summed E-state index contributed by atoms with van der Waals surface area (Å²) < 4.78 is 1.90. The number of aryl methyl sites for hydroxylation is 2. The lowest BCUT2D eigenvalue weighted by molar-refractivity contribution is 0.531. The van der Waals surface area contributed by atoms with E-state index in [1.165, 1.54) is 22.4 Å². The molecule has 3 nitrogen and oxygen atoms in total. The Morgan fingerprint density at radius 1 is 1.35 bits per heavy atom. The van der Waals surface area contributed by atoms with Crippen LogP contribution in [0.5, 0.6) is 0 Å². The molecular weight excluding hydrogens is 270 g/mol. The highest BCUT2D eigenvalue weighted by Gasteiger charge is 2.21. The number of halogens is 1. The van der Waals surface area contributed by atoms with Crippen LogP contribution in [0.2, 0.25) is 5.02 Å². The molecule has 1 heterocycles. The number of benzene rings is 1. The van der Waals surface area contributed by atoms with E-state index in [0.29, 0.717) is 6.04 Å². The maximum atomic E-state index is 6.05. The molecule has 20 heavy (non-hydrogen) atoms. The third-order valence-corrected chi connectivity index (χ3v) is 4.24. The van der Waals surface area contributed by atoms with Crippen molar-refractivity contribution in [3.05, 3.63) is 51.8 Å².